The molecular weight excluding hydrogens is 152 g/mol. The van der Waals surface area contributed by atoms with Gasteiger partial charge in [-0.3, -0.25) is 10.2 Å². The van der Waals surface area contributed by atoms with Crippen LogP contribution in [0.4, 0.5) is 0 Å². The van der Waals surface area contributed by atoms with E-state index in [1.807, 2.05) is 0 Å². The Bertz CT molecular complexity index is 115. The van der Waals surface area contributed by atoms with Crippen LogP contribution in [0.1, 0.15) is 51.9 Å². The zero-order valence-electron chi connectivity index (χ0n) is 7.94. The summed E-state index contributed by atoms with van der Waals surface area (Å²) in [4.78, 5) is 10.7. The molecule has 0 saturated carbocycles. The molecule has 0 aromatic heterocycles. The molecular formula is C9H20N2O. The fraction of sp³-hybridized carbons (Fsp3) is 0.889. The summed E-state index contributed by atoms with van der Waals surface area (Å²) >= 11 is 0. The zero-order chi connectivity index (χ0) is 9.23. The van der Waals surface area contributed by atoms with Gasteiger partial charge < -0.3 is 0 Å². The Labute approximate surface area is 74.7 Å². The molecule has 0 aromatic carbocycles. The van der Waals surface area contributed by atoms with E-state index in [1.54, 1.807) is 0 Å². The first kappa shape index (κ1) is 11.4. The lowest BCUT2D eigenvalue weighted by atomic mass is 10.1. The molecule has 0 aliphatic carbocycles. The van der Waals surface area contributed by atoms with Gasteiger partial charge in [0.15, 0.2) is 0 Å². The number of unbranched alkanes of at least 4 members (excludes halogenated alkanes) is 5. The summed E-state index contributed by atoms with van der Waals surface area (Å²) in [5.74, 6) is 4.88. The predicted octanol–water partition coefficient (Wildman–Crippen LogP) is 1.73. The highest BCUT2D eigenvalue weighted by Gasteiger charge is 1.96. The second-order valence-electron chi connectivity index (χ2n) is 3.09. The average molecular weight is 172 g/mol. The Kier molecular flexibility index (Phi) is 8.12. The summed E-state index contributed by atoms with van der Waals surface area (Å²) in [6.07, 6.45) is 7.79. The van der Waals surface area contributed by atoms with Gasteiger partial charge in [0, 0.05) is 6.42 Å². The smallest absolute Gasteiger partial charge is 0.233 e. The van der Waals surface area contributed by atoms with Gasteiger partial charge >= 0.3 is 0 Å². The van der Waals surface area contributed by atoms with Crippen molar-refractivity contribution in [2.45, 2.75) is 51.9 Å². The number of hydrogen-bond donors (Lipinski definition) is 2. The highest BCUT2D eigenvalue weighted by Crippen LogP contribution is 2.06. The van der Waals surface area contributed by atoms with E-state index in [9.17, 15) is 4.79 Å². The third-order valence-electron chi connectivity index (χ3n) is 1.92. The van der Waals surface area contributed by atoms with Crippen LogP contribution in [0.3, 0.4) is 0 Å². The summed E-state index contributed by atoms with van der Waals surface area (Å²) in [5.41, 5.74) is 2.13. The van der Waals surface area contributed by atoms with Crippen molar-refractivity contribution < 1.29 is 4.79 Å². The Morgan fingerprint density at radius 3 is 2.33 bits per heavy atom. The molecule has 0 aliphatic rings. The van der Waals surface area contributed by atoms with Crippen LogP contribution < -0.4 is 11.3 Å². The summed E-state index contributed by atoms with van der Waals surface area (Å²) < 4.78 is 0. The molecule has 3 N–H and O–H groups in total. The molecule has 0 aliphatic heterocycles. The second kappa shape index (κ2) is 8.53. The minimum atomic E-state index is -0.0505. The van der Waals surface area contributed by atoms with Crippen molar-refractivity contribution in [1.29, 1.82) is 0 Å². The third-order valence-corrected chi connectivity index (χ3v) is 1.92. The van der Waals surface area contributed by atoms with Gasteiger partial charge in [-0.25, -0.2) is 5.84 Å². The van der Waals surface area contributed by atoms with Crippen molar-refractivity contribution >= 4 is 5.91 Å². The van der Waals surface area contributed by atoms with Crippen LogP contribution in [-0.4, -0.2) is 5.91 Å². The third kappa shape index (κ3) is 7.54. The van der Waals surface area contributed by atoms with Gasteiger partial charge in [0.2, 0.25) is 5.91 Å². The first-order chi connectivity index (χ1) is 5.81. The number of amides is 1. The minimum Gasteiger partial charge on any atom is -0.294 e. The standard InChI is InChI=1S/C9H20N2O/c1-2-3-4-5-6-7-8-9(12)11-10/h2-8,10H2,1H3,(H,11,12). The molecule has 0 unspecified atom stereocenters. The van der Waals surface area contributed by atoms with Crippen molar-refractivity contribution in [1.82, 2.24) is 5.43 Å². The first-order valence-corrected chi connectivity index (χ1v) is 4.80. The molecule has 0 atom stereocenters. The van der Waals surface area contributed by atoms with E-state index in [4.69, 9.17) is 5.84 Å². The molecule has 3 nitrogen and oxygen atoms in total. The van der Waals surface area contributed by atoms with E-state index in [0.29, 0.717) is 6.42 Å². The lowest BCUT2D eigenvalue weighted by Crippen LogP contribution is -2.29. The van der Waals surface area contributed by atoms with Gasteiger partial charge in [0.05, 0.1) is 0 Å². The Morgan fingerprint density at radius 2 is 1.75 bits per heavy atom. The quantitative estimate of drug-likeness (QED) is 0.266. The van der Waals surface area contributed by atoms with Crippen molar-refractivity contribution in [3.63, 3.8) is 0 Å². The molecule has 0 fully saturated rings. The van der Waals surface area contributed by atoms with E-state index in [-0.39, 0.29) is 5.91 Å². The van der Waals surface area contributed by atoms with Crippen molar-refractivity contribution in [2.24, 2.45) is 5.84 Å². The zero-order valence-corrected chi connectivity index (χ0v) is 7.94. The van der Waals surface area contributed by atoms with Gasteiger partial charge in [-0.2, -0.15) is 0 Å². The Balaban J connectivity index is 2.95. The van der Waals surface area contributed by atoms with Gasteiger partial charge in [-0.15, -0.1) is 0 Å². The van der Waals surface area contributed by atoms with Crippen LogP contribution in [0, 0.1) is 0 Å². The van der Waals surface area contributed by atoms with Crippen LogP contribution >= 0.6 is 0 Å². The van der Waals surface area contributed by atoms with Crippen LogP contribution in [-0.2, 0) is 4.79 Å². The van der Waals surface area contributed by atoms with Gasteiger partial charge in [0.1, 0.15) is 0 Å². The fourth-order valence-electron chi connectivity index (χ4n) is 1.14. The lowest BCUT2D eigenvalue weighted by molar-refractivity contribution is -0.121. The SMILES string of the molecule is CCCCCCCCC(=O)NN. The van der Waals surface area contributed by atoms with E-state index in [2.05, 4.69) is 12.3 Å². The lowest BCUT2D eigenvalue weighted by Gasteiger charge is -1.99. The van der Waals surface area contributed by atoms with E-state index >= 15 is 0 Å². The van der Waals surface area contributed by atoms with Crippen molar-refractivity contribution in [2.75, 3.05) is 0 Å². The number of hydrogen-bond acceptors (Lipinski definition) is 2. The van der Waals surface area contributed by atoms with E-state index in [1.165, 1.54) is 25.7 Å². The Morgan fingerprint density at radius 1 is 1.17 bits per heavy atom. The number of hydrazine groups is 1. The van der Waals surface area contributed by atoms with Gasteiger partial charge in [0.25, 0.3) is 0 Å². The highest BCUT2D eigenvalue weighted by atomic mass is 16.2. The summed E-state index contributed by atoms with van der Waals surface area (Å²) in [5, 5.41) is 0. The topological polar surface area (TPSA) is 55.1 Å². The molecule has 0 spiro atoms. The minimum absolute atomic E-state index is 0.0505. The second-order valence-corrected chi connectivity index (χ2v) is 3.09. The predicted molar refractivity (Wildman–Crippen MR) is 50.3 cm³/mol. The van der Waals surface area contributed by atoms with Crippen molar-refractivity contribution in [3.8, 4) is 0 Å². The first-order valence-electron chi connectivity index (χ1n) is 4.80. The van der Waals surface area contributed by atoms with Crippen molar-refractivity contribution in [3.05, 3.63) is 0 Å². The van der Waals surface area contributed by atoms with Crippen LogP contribution in [0.15, 0.2) is 0 Å². The summed E-state index contributed by atoms with van der Waals surface area (Å²) in [6.45, 7) is 2.20. The molecule has 0 aromatic rings. The molecule has 3 heteroatoms. The molecule has 0 bridgehead atoms. The highest BCUT2D eigenvalue weighted by molar-refractivity contribution is 5.74. The molecule has 0 radical (unpaired) electrons. The maximum atomic E-state index is 10.7. The molecule has 0 rings (SSSR count). The monoisotopic (exact) mass is 172 g/mol. The van der Waals surface area contributed by atoms with Crippen LogP contribution in [0.2, 0.25) is 0 Å². The van der Waals surface area contributed by atoms with Gasteiger partial charge in [-0.1, -0.05) is 39.0 Å². The number of nitrogens with one attached hydrogen (secondary N) is 1. The maximum absolute atomic E-state index is 10.7. The number of carbonyl (C=O) groups excluding carboxylic acids is 1. The van der Waals surface area contributed by atoms with E-state index in [0.717, 1.165) is 12.8 Å². The normalized spacial score (nSPS) is 9.83. The molecule has 0 heterocycles. The average Bonchev–Trinajstić information content (AvgIpc) is 2.10. The summed E-state index contributed by atoms with van der Waals surface area (Å²) in [6, 6.07) is 0. The van der Waals surface area contributed by atoms with Crippen LogP contribution in [0.25, 0.3) is 0 Å². The fourth-order valence-corrected chi connectivity index (χ4v) is 1.14. The molecule has 1 amide bonds. The number of rotatable bonds is 7. The maximum Gasteiger partial charge on any atom is 0.233 e. The van der Waals surface area contributed by atoms with Gasteiger partial charge in [-0.05, 0) is 6.42 Å². The number of carbonyl (C=O) groups is 1. The molecule has 0 saturated heterocycles. The summed E-state index contributed by atoms with van der Waals surface area (Å²) in [7, 11) is 0. The largest absolute Gasteiger partial charge is 0.294 e. The molecule has 72 valence electrons. The van der Waals surface area contributed by atoms with Crippen LogP contribution in [0.5, 0.6) is 0 Å². The number of nitrogens with two attached hydrogens (primary N) is 1. The Hall–Kier alpha value is -0.570. The van der Waals surface area contributed by atoms with E-state index < -0.39 is 0 Å². The molecule has 12 heavy (non-hydrogen) atoms.